The fraction of sp³-hybridized carbons (Fsp3) is 0.150. The Labute approximate surface area is 163 Å². The van der Waals surface area contributed by atoms with Crippen LogP contribution in [0.3, 0.4) is 0 Å². The molecule has 0 amide bonds. The quantitative estimate of drug-likeness (QED) is 0.532. The summed E-state index contributed by atoms with van der Waals surface area (Å²) in [5, 5.41) is 11.9. The van der Waals surface area contributed by atoms with Crippen LogP contribution in [-0.4, -0.2) is 37.8 Å². The van der Waals surface area contributed by atoms with E-state index in [1.165, 1.54) is 12.1 Å². The number of anilines is 1. The molecular formula is C20H16F3N5O. The molecule has 3 heterocycles. The van der Waals surface area contributed by atoms with Gasteiger partial charge in [0.15, 0.2) is 0 Å². The van der Waals surface area contributed by atoms with Crippen molar-refractivity contribution in [3.63, 3.8) is 0 Å². The second kappa shape index (κ2) is 7.51. The van der Waals surface area contributed by atoms with Gasteiger partial charge in [-0.1, -0.05) is 0 Å². The Balaban J connectivity index is 1.81. The van der Waals surface area contributed by atoms with Crippen LogP contribution >= 0.6 is 0 Å². The lowest BCUT2D eigenvalue weighted by atomic mass is 10.2. The van der Waals surface area contributed by atoms with E-state index in [-0.39, 0.29) is 6.61 Å². The average molecular weight is 399 g/mol. The van der Waals surface area contributed by atoms with Crippen molar-refractivity contribution in [3.8, 4) is 17.1 Å². The maximum Gasteiger partial charge on any atom is 0.416 e. The number of aliphatic hydroxyl groups is 1. The Bertz CT molecular complexity index is 1120. The molecule has 0 atom stereocenters. The number of aliphatic hydroxyl groups excluding tert-OH is 1. The molecule has 2 N–H and O–H groups in total. The van der Waals surface area contributed by atoms with E-state index in [1.807, 2.05) is 6.07 Å². The summed E-state index contributed by atoms with van der Waals surface area (Å²) in [6.07, 6.45) is 0.445. The van der Waals surface area contributed by atoms with Gasteiger partial charge in [0, 0.05) is 30.2 Å². The molecule has 1 aromatic carbocycles. The number of benzene rings is 1. The second-order valence-corrected chi connectivity index (χ2v) is 6.26. The summed E-state index contributed by atoms with van der Waals surface area (Å²) in [7, 11) is 0. The lowest BCUT2D eigenvalue weighted by Crippen LogP contribution is -2.07. The summed E-state index contributed by atoms with van der Waals surface area (Å²) in [5.74, 6) is 1.13. The third-order valence-electron chi connectivity index (χ3n) is 4.35. The van der Waals surface area contributed by atoms with Gasteiger partial charge in [0.25, 0.3) is 0 Å². The highest BCUT2D eigenvalue weighted by molar-refractivity contribution is 5.82. The Kier molecular flexibility index (Phi) is 4.89. The number of hydrogen-bond acceptors (Lipinski definition) is 5. The Morgan fingerprint density at radius 2 is 1.79 bits per heavy atom. The smallest absolute Gasteiger partial charge is 0.395 e. The molecule has 0 saturated heterocycles. The molecule has 9 heteroatoms. The molecule has 4 rings (SSSR count). The Morgan fingerprint density at radius 1 is 1.00 bits per heavy atom. The maximum atomic E-state index is 12.9. The van der Waals surface area contributed by atoms with Gasteiger partial charge < -0.3 is 10.4 Å². The zero-order valence-corrected chi connectivity index (χ0v) is 15.1. The first-order valence-electron chi connectivity index (χ1n) is 8.78. The number of imidazole rings is 1. The fourth-order valence-corrected chi connectivity index (χ4v) is 2.99. The van der Waals surface area contributed by atoms with E-state index in [0.717, 1.165) is 12.1 Å². The number of fused-ring (bicyclic) bond motifs is 1. The lowest BCUT2D eigenvalue weighted by molar-refractivity contribution is -0.137. The minimum Gasteiger partial charge on any atom is -0.395 e. The molecule has 0 bridgehead atoms. The van der Waals surface area contributed by atoms with Crippen LogP contribution < -0.4 is 5.32 Å². The van der Waals surface area contributed by atoms with Gasteiger partial charge in [-0.2, -0.15) is 13.2 Å². The summed E-state index contributed by atoms with van der Waals surface area (Å²) in [6, 6.07) is 10.2. The van der Waals surface area contributed by atoms with Crippen LogP contribution in [0.4, 0.5) is 19.0 Å². The van der Waals surface area contributed by atoms with Gasteiger partial charge in [-0.15, -0.1) is 0 Å². The number of halogens is 3. The van der Waals surface area contributed by atoms with Crippen LogP contribution in [0.15, 0.2) is 61.1 Å². The third kappa shape index (κ3) is 3.77. The van der Waals surface area contributed by atoms with Crippen molar-refractivity contribution in [2.75, 3.05) is 18.5 Å². The molecule has 0 aliphatic carbocycles. The van der Waals surface area contributed by atoms with Gasteiger partial charge >= 0.3 is 6.18 Å². The van der Waals surface area contributed by atoms with Crippen molar-refractivity contribution in [3.05, 3.63) is 66.6 Å². The molecule has 0 unspecified atom stereocenters. The van der Waals surface area contributed by atoms with E-state index in [0.29, 0.717) is 40.5 Å². The first-order chi connectivity index (χ1) is 14.0. The highest BCUT2D eigenvalue weighted by Gasteiger charge is 2.30. The average Bonchev–Trinajstić information content (AvgIpc) is 3.11. The zero-order chi connectivity index (χ0) is 20.4. The number of hydrogen-bond donors (Lipinski definition) is 2. The van der Waals surface area contributed by atoms with E-state index >= 15 is 0 Å². The predicted molar refractivity (Wildman–Crippen MR) is 103 cm³/mol. The van der Waals surface area contributed by atoms with Crippen LogP contribution in [0, 0.1) is 0 Å². The first-order valence-corrected chi connectivity index (χ1v) is 8.78. The molecule has 0 radical (unpaired) electrons. The maximum absolute atomic E-state index is 12.9. The Hall–Kier alpha value is -3.46. The molecule has 6 nitrogen and oxygen atoms in total. The van der Waals surface area contributed by atoms with Crippen LogP contribution in [0.2, 0.25) is 0 Å². The van der Waals surface area contributed by atoms with Crippen LogP contribution in [0.1, 0.15) is 5.56 Å². The number of aromatic nitrogens is 4. The predicted octanol–water partition coefficient (Wildman–Crippen LogP) is 3.91. The van der Waals surface area contributed by atoms with E-state index in [9.17, 15) is 13.2 Å². The lowest BCUT2D eigenvalue weighted by Gasteiger charge is -2.12. The minimum atomic E-state index is -4.40. The largest absolute Gasteiger partial charge is 0.416 e. The van der Waals surface area contributed by atoms with Gasteiger partial charge in [0.2, 0.25) is 0 Å². The summed E-state index contributed by atoms with van der Waals surface area (Å²) in [6.45, 7) is 0.363. The SMILES string of the molecule is OCCNc1ccc(-c2nc3ccncc3n2-c2ccc(C(F)(F)F)cc2)cn1. The summed E-state index contributed by atoms with van der Waals surface area (Å²) in [4.78, 5) is 13.0. The number of rotatable bonds is 5. The minimum absolute atomic E-state index is 0.0137. The van der Waals surface area contributed by atoms with E-state index in [4.69, 9.17) is 5.11 Å². The summed E-state index contributed by atoms with van der Waals surface area (Å²) >= 11 is 0. The van der Waals surface area contributed by atoms with E-state index < -0.39 is 11.7 Å². The van der Waals surface area contributed by atoms with Crippen molar-refractivity contribution < 1.29 is 18.3 Å². The van der Waals surface area contributed by atoms with Crippen molar-refractivity contribution in [1.29, 1.82) is 0 Å². The van der Waals surface area contributed by atoms with Crippen molar-refractivity contribution in [2.45, 2.75) is 6.18 Å². The number of nitrogens with one attached hydrogen (secondary N) is 1. The summed E-state index contributed by atoms with van der Waals surface area (Å²) in [5.41, 5.74) is 1.84. The highest BCUT2D eigenvalue weighted by atomic mass is 19.4. The van der Waals surface area contributed by atoms with Crippen molar-refractivity contribution >= 4 is 16.9 Å². The van der Waals surface area contributed by atoms with E-state index in [1.54, 1.807) is 35.3 Å². The number of nitrogens with zero attached hydrogens (tertiary/aromatic N) is 4. The van der Waals surface area contributed by atoms with Crippen LogP contribution in [0.25, 0.3) is 28.1 Å². The van der Waals surface area contributed by atoms with Crippen LogP contribution in [0.5, 0.6) is 0 Å². The third-order valence-corrected chi connectivity index (χ3v) is 4.35. The molecule has 0 aliphatic heterocycles. The van der Waals surface area contributed by atoms with Gasteiger partial charge in [0.05, 0.1) is 29.4 Å². The highest BCUT2D eigenvalue weighted by Crippen LogP contribution is 2.32. The molecule has 4 aromatic rings. The topological polar surface area (TPSA) is 75.9 Å². The van der Waals surface area contributed by atoms with Crippen molar-refractivity contribution in [1.82, 2.24) is 19.5 Å². The number of alkyl halides is 3. The monoisotopic (exact) mass is 399 g/mol. The second-order valence-electron chi connectivity index (χ2n) is 6.26. The van der Waals surface area contributed by atoms with E-state index in [2.05, 4.69) is 20.3 Å². The van der Waals surface area contributed by atoms with Gasteiger partial charge in [-0.25, -0.2) is 9.97 Å². The first kappa shape index (κ1) is 18.9. The summed E-state index contributed by atoms with van der Waals surface area (Å²) < 4.78 is 40.5. The normalized spacial score (nSPS) is 11.7. The van der Waals surface area contributed by atoms with Gasteiger partial charge in [-0.3, -0.25) is 9.55 Å². The molecule has 3 aromatic heterocycles. The molecule has 0 spiro atoms. The molecular weight excluding hydrogens is 383 g/mol. The molecule has 0 fully saturated rings. The molecule has 0 aliphatic rings. The zero-order valence-electron chi connectivity index (χ0n) is 15.1. The molecule has 29 heavy (non-hydrogen) atoms. The van der Waals surface area contributed by atoms with Crippen LogP contribution in [-0.2, 0) is 6.18 Å². The van der Waals surface area contributed by atoms with Gasteiger partial charge in [0.1, 0.15) is 11.6 Å². The molecule has 0 saturated carbocycles. The van der Waals surface area contributed by atoms with Crippen molar-refractivity contribution in [2.24, 2.45) is 0 Å². The van der Waals surface area contributed by atoms with Gasteiger partial charge in [-0.05, 0) is 42.5 Å². The standard InChI is InChI=1S/C20H16F3N5O/c21-20(22,23)14-2-4-15(5-3-14)28-17-12-24-8-7-16(17)27-19(28)13-1-6-18(26-11-13)25-9-10-29/h1-8,11-12,29H,9-10H2,(H,25,26). The molecule has 148 valence electrons. The number of pyridine rings is 2. The Morgan fingerprint density at radius 3 is 2.45 bits per heavy atom. The fourth-order valence-electron chi connectivity index (χ4n) is 2.99.